The Morgan fingerprint density at radius 3 is 2.39 bits per heavy atom. The van der Waals surface area contributed by atoms with Crippen molar-refractivity contribution < 1.29 is 19.0 Å². The van der Waals surface area contributed by atoms with Crippen LogP contribution in [0, 0.1) is 0 Å². The molecule has 3 rings (SSSR count). The van der Waals surface area contributed by atoms with Crippen molar-refractivity contribution in [2.24, 2.45) is 5.73 Å². The van der Waals surface area contributed by atoms with Crippen LogP contribution >= 0.6 is 0 Å². The summed E-state index contributed by atoms with van der Waals surface area (Å²) < 4.78 is 16.6. The fourth-order valence-corrected chi connectivity index (χ4v) is 3.66. The quantitative estimate of drug-likeness (QED) is 0.714. The van der Waals surface area contributed by atoms with Crippen LogP contribution in [0.2, 0.25) is 0 Å². The number of ether oxygens (including phenoxy) is 3. The molecule has 2 aromatic carbocycles. The average Bonchev–Trinajstić information content (AvgIpc) is 2.74. The Morgan fingerprint density at radius 1 is 1.07 bits per heavy atom. The van der Waals surface area contributed by atoms with Crippen molar-refractivity contribution in [3.05, 3.63) is 59.7 Å². The van der Waals surface area contributed by atoms with Crippen LogP contribution in [0.5, 0.6) is 11.5 Å². The van der Waals surface area contributed by atoms with Gasteiger partial charge < -0.3 is 25.3 Å². The van der Waals surface area contributed by atoms with Crippen LogP contribution in [0.3, 0.4) is 0 Å². The van der Waals surface area contributed by atoms with E-state index in [1.54, 1.807) is 26.4 Å². The van der Waals surface area contributed by atoms with Gasteiger partial charge in [0.05, 0.1) is 20.6 Å². The fraction of sp³-hybridized carbons (Fsp3) is 0.409. The van der Waals surface area contributed by atoms with Gasteiger partial charge in [-0.05, 0) is 36.3 Å². The van der Waals surface area contributed by atoms with Crippen molar-refractivity contribution in [3.8, 4) is 11.5 Å². The number of benzene rings is 2. The van der Waals surface area contributed by atoms with Gasteiger partial charge in [0, 0.05) is 18.9 Å². The second-order valence-electron chi connectivity index (χ2n) is 7.01. The third-order valence-corrected chi connectivity index (χ3v) is 5.24. The Labute approximate surface area is 166 Å². The Hall–Kier alpha value is -2.57. The molecule has 2 aromatic rings. The van der Waals surface area contributed by atoms with Gasteiger partial charge in [-0.3, -0.25) is 4.79 Å². The number of methoxy groups -OCH3 is 2. The first-order valence-electron chi connectivity index (χ1n) is 9.53. The molecule has 1 fully saturated rings. The lowest BCUT2D eigenvalue weighted by molar-refractivity contribution is -0.164. The SMILES string of the molecule is COc1ccc(C(N)CC(=O)OC2(c3ccccc3)CCNCC2)cc1OC. The summed E-state index contributed by atoms with van der Waals surface area (Å²) >= 11 is 0. The normalized spacial score (nSPS) is 16.8. The van der Waals surface area contributed by atoms with Gasteiger partial charge in [-0.25, -0.2) is 0 Å². The van der Waals surface area contributed by atoms with E-state index in [9.17, 15) is 4.79 Å². The highest BCUT2D eigenvalue weighted by Gasteiger charge is 2.38. The van der Waals surface area contributed by atoms with Gasteiger partial charge in [-0.15, -0.1) is 0 Å². The number of esters is 1. The monoisotopic (exact) mass is 384 g/mol. The van der Waals surface area contributed by atoms with Gasteiger partial charge in [-0.1, -0.05) is 36.4 Å². The molecule has 1 heterocycles. The molecule has 1 aliphatic rings. The average molecular weight is 384 g/mol. The summed E-state index contributed by atoms with van der Waals surface area (Å²) in [5.41, 5.74) is 7.52. The molecule has 0 amide bonds. The van der Waals surface area contributed by atoms with E-state index in [0.29, 0.717) is 11.5 Å². The highest BCUT2D eigenvalue weighted by molar-refractivity contribution is 5.71. The first kappa shape index (κ1) is 20.2. The number of hydrogen-bond acceptors (Lipinski definition) is 6. The number of hydrogen-bond donors (Lipinski definition) is 2. The van der Waals surface area contributed by atoms with Crippen molar-refractivity contribution in [3.63, 3.8) is 0 Å². The zero-order valence-corrected chi connectivity index (χ0v) is 16.4. The van der Waals surface area contributed by atoms with Crippen LogP contribution in [0.1, 0.15) is 36.4 Å². The van der Waals surface area contributed by atoms with Crippen molar-refractivity contribution in [2.45, 2.75) is 30.9 Å². The van der Waals surface area contributed by atoms with E-state index in [1.807, 2.05) is 36.4 Å². The number of piperidine rings is 1. The van der Waals surface area contributed by atoms with Crippen LogP contribution < -0.4 is 20.5 Å². The molecule has 3 N–H and O–H groups in total. The highest BCUT2D eigenvalue weighted by Crippen LogP contribution is 2.36. The molecule has 1 unspecified atom stereocenters. The lowest BCUT2D eigenvalue weighted by Crippen LogP contribution is -2.43. The summed E-state index contributed by atoms with van der Waals surface area (Å²) in [5, 5.41) is 3.33. The predicted molar refractivity (Wildman–Crippen MR) is 107 cm³/mol. The maximum absolute atomic E-state index is 12.8. The molecule has 150 valence electrons. The van der Waals surface area contributed by atoms with E-state index in [4.69, 9.17) is 19.9 Å². The highest BCUT2D eigenvalue weighted by atomic mass is 16.6. The van der Waals surface area contributed by atoms with Gasteiger partial charge in [0.1, 0.15) is 5.60 Å². The predicted octanol–water partition coefficient (Wildman–Crippen LogP) is 2.92. The van der Waals surface area contributed by atoms with Crippen molar-refractivity contribution in [1.29, 1.82) is 0 Å². The van der Waals surface area contributed by atoms with Crippen molar-refractivity contribution in [1.82, 2.24) is 5.32 Å². The third kappa shape index (κ3) is 4.46. The van der Waals surface area contributed by atoms with E-state index in [1.165, 1.54) is 0 Å². The molecule has 0 saturated carbocycles. The molecule has 6 heteroatoms. The van der Waals surface area contributed by atoms with Crippen LogP contribution in [-0.4, -0.2) is 33.3 Å². The largest absolute Gasteiger partial charge is 0.493 e. The smallest absolute Gasteiger partial charge is 0.308 e. The minimum Gasteiger partial charge on any atom is -0.493 e. The van der Waals surface area contributed by atoms with Crippen LogP contribution in [0.25, 0.3) is 0 Å². The number of carbonyl (C=O) groups is 1. The van der Waals surface area contributed by atoms with Gasteiger partial charge in [0.2, 0.25) is 0 Å². The van der Waals surface area contributed by atoms with E-state index in [0.717, 1.165) is 37.1 Å². The van der Waals surface area contributed by atoms with Gasteiger partial charge in [0.25, 0.3) is 0 Å². The van der Waals surface area contributed by atoms with E-state index >= 15 is 0 Å². The number of nitrogens with two attached hydrogens (primary N) is 1. The molecule has 0 spiro atoms. The Balaban J connectivity index is 1.73. The van der Waals surface area contributed by atoms with Crippen molar-refractivity contribution >= 4 is 5.97 Å². The summed E-state index contributed by atoms with van der Waals surface area (Å²) in [4.78, 5) is 12.8. The number of carbonyl (C=O) groups excluding carboxylic acids is 1. The molecule has 1 aliphatic heterocycles. The summed E-state index contributed by atoms with van der Waals surface area (Å²) in [6, 6.07) is 14.9. The molecule has 0 aliphatic carbocycles. The first-order valence-corrected chi connectivity index (χ1v) is 9.53. The maximum Gasteiger partial charge on any atom is 0.308 e. The van der Waals surface area contributed by atoms with Gasteiger partial charge in [-0.2, -0.15) is 0 Å². The second kappa shape index (κ2) is 9.08. The standard InChI is InChI=1S/C22H28N2O4/c1-26-19-9-8-16(14-20(19)27-2)18(23)15-21(25)28-22(10-12-24-13-11-22)17-6-4-3-5-7-17/h3-9,14,18,24H,10-13,15,23H2,1-2H3. The third-order valence-electron chi connectivity index (χ3n) is 5.24. The van der Waals surface area contributed by atoms with Gasteiger partial charge >= 0.3 is 5.97 Å². The molecule has 0 radical (unpaired) electrons. The lowest BCUT2D eigenvalue weighted by atomic mass is 9.84. The minimum atomic E-state index is -0.596. The second-order valence-corrected chi connectivity index (χ2v) is 7.01. The zero-order chi connectivity index (χ0) is 20.0. The van der Waals surface area contributed by atoms with Crippen LogP contribution in [0.15, 0.2) is 48.5 Å². The summed E-state index contributed by atoms with van der Waals surface area (Å²) in [5.74, 6) is 0.912. The van der Waals surface area contributed by atoms with E-state index in [-0.39, 0.29) is 12.4 Å². The Morgan fingerprint density at radius 2 is 1.75 bits per heavy atom. The summed E-state index contributed by atoms with van der Waals surface area (Å²) in [6.07, 6.45) is 1.58. The molecule has 0 bridgehead atoms. The molecular weight excluding hydrogens is 356 g/mol. The molecule has 1 saturated heterocycles. The topological polar surface area (TPSA) is 82.8 Å². The Kier molecular flexibility index (Phi) is 6.54. The van der Waals surface area contributed by atoms with Crippen LogP contribution in [-0.2, 0) is 15.1 Å². The maximum atomic E-state index is 12.8. The zero-order valence-electron chi connectivity index (χ0n) is 16.4. The van der Waals surface area contributed by atoms with E-state index in [2.05, 4.69) is 5.32 Å². The Bertz CT molecular complexity index is 788. The van der Waals surface area contributed by atoms with E-state index < -0.39 is 11.6 Å². The van der Waals surface area contributed by atoms with Crippen molar-refractivity contribution in [2.75, 3.05) is 27.3 Å². The molecule has 1 atom stereocenters. The number of nitrogens with one attached hydrogen (secondary N) is 1. The van der Waals surface area contributed by atoms with Crippen LogP contribution in [0.4, 0.5) is 0 Å². The van der Waals surface area contributed by atoms with Gasteiger partial charge in [0.15, 0.2) is 11.5 Å². The molecule has 6 nitrogen and oxygen atoms in total. The minimum absolute atomic E-state index is 0.0947. The fourth-order valence-electron chi connectivity index (χ4n) is 3.66. The lowest BCUT2D eigenvalue weighted by Gasteiger charge is -2.37. The first-order chi connectivity index (χ1) is 13.6. The summed E-state index contributed by atoms with van der Waals surface area (Å²) in [7, 11) is 3.15. The molecular formula is C22H28N2O4. The number of rotatable bonds is 7. The summed E-state index contributed by atoms with van der Waals surface area (Å²) in [6.45, 7) is 1.62. The molecule has 28 heavy (non-hydrogen) atoms. The molecule has 0 aromatic heterocycles.